The van der Waals surface area contributed by atoms with Crippen molar-refractivity contribution in [2.24, 2.45) is 0 Å². The van der Waals surface area contributed by atoms with E-state index in [0.29, 0.717) is 13.1 Å². The molecule has 1 unspecified atom stereocenters. The molecule has 1 heterocycles. The number of nitrogens with zero attached hydrogens (tertiary/aromatic N) is 1. The predicted octanol–water partition coefficient (Wildman–Crippen LogP) is 4.73. The average molecular weight is 380 g/mol. The van der Waals surface area contributed by atoms with E-state index in [-0.39, 0.29) is 12.1 Å². The maximum atomic E-state index is 12.9. The third-order valence-corrected chi connectivity index (χ3v) is 4.85. The number of carbonyl (C=O) groups excluding carboxylic acids is 1. The molecular weight excluding hydrogens is 352 g/mol. The molecule has 1 aliphatic rings. The Hall–Kier alpha value is -2.79. The standard InChI is InChI=1S/C23H28N2O3/c1-18-16-20(27-2)12-13-22(18)24-23(26)25(17-21-11-7-15-28-21)14-6-10-19-8-4-3-5-9-19/h3-6,8-10,12-13,16,21H,7,11,14-15,17H2,1-2H3,(H,24,26)/b10-6+. The Morgan fingerprint density at radius 3 is 2.79 bits per heavy atom. The SMILES string of the molecule is COc1ccc(NC(=O)N(C/C=C/c2ccccc2)CC2CCCO2)c(C)c1. The van der Waals surface area contributed by atoms with Gasteiger partial charge in [-0.15, -0.1) is 0 Å². The van der Waals surface area contributed by atoms with Crippen LogP contribution in [-0.4, -0.2) is 43.8 Å². The fourth-order valence-corrected chi connectivity index (χ4v) is 3.25. The summed E-state index contributed by atoms with van der Waals surface area (Å²) in [7, 11) is 1.63. The van der Waals surface area contributed by atoms with Crippen LogP contribution < -0.4 is 10.1 Å². The van der Waals surface area contributed by atoms with E-state index >= 15 is 0 Å². The lowest BCUT2D eigenvalue weighted by Gasteiger charge is -2.25. The Morgan fingerprint density at radius 2 is 2.11 bits per heavy atom. The number of methoxy groups -OCH3 is 1. The lowest BCUT2D eigenvalue weighted by Crippen LogP contribution is -2.40. The molecule has 2 aromatic rings. The van der Waals surface area contributed by atoms with Gasteiger partial charge in [0.25, 0.3) is 0 Å². The Bertz CT molecular complexity index is 799. The van der Waals surface area contributed by atoms with Crippen molar-refractivity contribution in [1.82, 2.24) is 4.90 Å². The van der Waals surface area contributed by atoms with Crippen molar-refractivity contribution >= 4 is 17.8 Å². The van der Waals surface area contributed by atoms with Gasteiger partial charge in [-0.05, 0) is 49.1 Å². The van der Waals surface area contributed by atoms with Gasteiger partial charge in [-0.1, -0.05) is 42.5 Å². The molecule has 28 heavy (non-hydrogen) atoms. The second-order valence-corrected chi connectivity index (χ2v) is 6.96. The molecule has 2 amide bonds. The third-order valence-electron chi connectivity index (χ3n) is 4.85. The minimum Gasteiger partial charge on any atom is -0.497 e. The summed E-state index contributed by atoms with van der Waals surface area (Å²) in [5.74, 6) is 0.775. The highest BCUT2D eigenvalue weighted by Gasteiger charge is 2.22. The van der Waals surface area contributed by atoms with Gasteiger partial charge in [0.2, 0.25) is 0 Å². The first kappa shape index (κ1) is 20.0. The Balaban J connectivity index is 1.68. The molecule has 2 aromatic carbocycles. The monoisotopic (exact) mass is 380 g/mol. The number of hydrogen-bond acceptors (Lipinski definition) is 3. The quantitative estimate of drug-likeness (QED) is 0.755. The summed E-state index contributed by atoms with van der Waals surface area (Å²) >= 11 is 0. The average Bonchev–Trinajstić information content (AvgIpc) is 3.22. The van der Waals surface area contributed by atoms with E-state index in [1.165, 1.54) is 0 Å². The lowest BCUT2D eigenvalue weighted by molar-refractivity contribution is 0.0863. The highest BCUT2D eigenvalue weighted by atomic mass is 16.5. The summed E-state index contributed by atoms with van der Waals surface area (Å²) in [5, 5.41) is 3.03. The molecule has 148 valence electrons. The van der Waals surface area contributed by atoms with Crippen molar-refractivity contribution < 1.29 is 14.3 Å². The molecule has 3 rings (SSSR count). The molecule has 5 heteroatoms. The van der Waals surface area contributed by atoms with E-state index < -0.39 is 0 Å². The van der Waals surface area contributed by atoms with Crippen molar-refractivity contribution in [3.63, 3.8) is 0 Å². The van der Waals surface area contributed by atoms with Gasteiger partial charge in [0.05, 0.1) is 13.2 Å². The van der Waals surface area contributed by atoms with E-state index in [9.17, 15) is 4.79 Å². The first-order chi connectivity index (χ1) is 13.7. The van der Waals surface area contributed by atoms with Crippen LogP contribution in [0.3, 0.4) is 0 Å². The molecule has 1 saturated heterocycles. The van der Waals surface area contributed by atoms with Crippen molar-refractivity contribution in [1.29, 1.82) is 0 Å². The van der Waals surface area contributed by atoms with Crippen molar-refractivity contribution in [3.8, 4) is 5.75 Å². The molecule has 1 N–H and O–H groups in total. The Morgan fingerprint density at radius 1 is 1.29 bits per heavy atom. The molecule has 0 aliphatic carbocycles. The van der Waals surface area contributed by atoms with Crippen molar-refractivity contribution in [3.05, 3.63) is 65.7 Å². The highest BCUT2D eigenvalue weighted by molar-refractivity contribution is 5.90. The topological polar surface area (TPSA) is 50.8 Å². The normalized spacial score (nSPS) is 16.3. The van der Waals surface area contributed by atoms with Gasteiger partial charge in [-0.2, -0.15) is 0 Å². The predicted molar refractivity (Wildman–Crippen MR) is 113 cm³/mol. The minimum atomic E-state index is -0.124. The zero-order valence-electron chi connectivity index (χ0n) is 16.6. The van der Waals surface area contributed by atoms with Crippen LogP contribution in [0.5, 0.6) is 5.75 Å². The number of carbonyl (C=O) groups is 1. The van der Waals surface area contributed by atoms with Crippen LogP contribution in [0.25, 0.3) is 6.08 Å². The molecular formula is C23H28N2O3. The van der Waals surface area contributed by atoms with Gasteiger partial charge in [0.1, 0.15) is 5.75 Å². The molecule has 5 nitrogen and oxygen atoms in total. The summed E-state index contributed by atoms with van der Waals surface area (Å²) in [6.07, 6.45) is 6.21. The zero-order valence-corrected chi connectivity index (χ0v) is 16.6. The maximum absolute atomic E-state index is 12.9. The molecule has 0 radical (unpaired) electrons. The van der Waals surface area contributed by atoms with E-state index in [1.54, 1.807) is 12.0 Å². The number of benzene rings is 2. The maximum Gasteiger partial charge on any atom is 0.322 e. The van der Waals surface area contributed by atoms with Gasteiger partial charge in [0, 0.05) is 25.4 Å². The summed E-state index contributed by atoms with van der Waals surface area (Å²) < 4.78 is 11.0. The number of aryl methyl sites for hydroxylation is 1. The Kier molecular flexibility index (Phi) is 7.09. The van der Waals surface area contributed by atoms with Gasteiger partial charge >= 0.3 is 6.03 Å². The smallest absolute Gasteiger partial charge is 0.322 e. The number of urea groups is 1. The van der Waals surface area contributed by atoms with Gasteiger partial charge in [0.15, 0.2) is 0 Å². The van der Waals surface area contributed by atoms with Crippen LogP contribution in [0.15, 0.2) is 54.6 Å². The number of amides is 2. The lowest BCUT2D eigenvalue weighted by atomic mass is 10.2. The van der Waals surface area contributed by atoms with E-state index in [1.807, 2.05) is 67.6 Å². The molecule has 0 bridgehead atoms. The van der Waals surface area contributed by atoms with Gasteiger partial charge in [-0.3, -0.25) is 0 Å². The summed E-state index contributed by atoms with van der Waals surface area (Å²) in [5.41, 5.74) is 2.87. The molecule has 0 spiro atoms. The number of nitrogens with one attached hydrogen (secondary N) is 1. The number of hydrogen-bond donors (Lipinski definition) is 1. The molecule has 1 aliphatic heterocycles. The van der Waals surface area contributed by atoms with E-state index in [0.717, 1.165) is 42.0 Å². The Labute approximate surface area is 167 Å². The van der Waals surface area contributed by atoms with Crippen LogP contribution in [0, 0.1) is 6.92 Å². The largest absolute Gasteiger partial charge is 0.497 e. The second-order valence-electron chi connectivity index (χ2n) is 6.96. The van der Waals surface area contributed by atoms with Gasteiger partial charge in [-0.25, -0.2) is 4.79 Å². The van der Waals surface area contributed by atoms with Crippen LogP contribution in [0.1, 0.15) is 24.0 Å². The highest BCUT2D eigenvalue weighted by Crippen LogP contribution is 2.22. The van der Waals surface area contributed by atoms with E-state index in [2.05, 4.69) is 5.32 Å². The first-order valence-corrected chi connectivity index (χ1v) is 9.69. The molecule has 1 atom stereocenters. The fourth-order valence-electron chi connectivity index (χ4n) is 3.25. The van der Waals surface area contributed by atoms with Crippen LogP contribution in [0.4, 0.5) is 10.5 Å². The fraction of sp³-hybridized carbons (Fsp3) is 0.348. The number of anilines is 1. The van der Waals surface area contributed by atoms with Crippen LogP contribution in [0.2, 0.25) is 0 Å². The van der Waals surface area contributed by atoms with E-state index in [4.69, 9.17) is 9.47 Å². The molecule has 0 saturated carbocycles. The number of rotatable bonds is 7. The molecule has 0 aromatic heterocycles. The van der Waals surface area contributed by atoms with Crippen LogP contribution >= 0.6 is 0 Å². The summed E-state index contributed by atoms with van der Waals surface area (Å²) in [4.78, 5) is 14.7. The molecule has 1 fully saturated rings. The summed E-state index contributed by atoms with van der Waals surface area (Å²) in [6.45, 7) is 3.84. The summed E-state index contributed by atoms with van der Waals surface area (Å²) in [6, 6.07) is 15.6. The minimum absolute atomic E-state index is 0.104. The zero-order chi connectivity index (χ0) is 19.8. The van der Waals surface area contributed by atoms with Crippen molar-refractivity contribution in [2.45, 2.75) is 25.9 Å². The van der Waals surface area contributed by atoms with Gasteiger partial charge < -0.3 is 19.7 Å². The first-order valence-electron chi connectivity index (χ1n) is 9.69. The van der Waals surface area contributed by atoms with Crippen LogP contribution in [-0.2, 0) is 4.74 Å². The second kappa shape index (κ2) is 9.95. The number of ether oxygens (including phenoxy) is 2. The third kappa shape index (κ3) is 5.60. The van der Waals surface area contributed by atoms with Crippen molar-refractivity contribution in [2.75, 3.05) is 32.1 Å².